The number of carbonyl (C=O) groups excluding carboxylic acids is 1. The fraction of sp³-hybridized carbons (Fsp3) is 0.727. The normalized spacial score (nSPS) is 35.7. The van der Waals surface area contributed by atoms with Crippen LogP contribution in [0.5, 0.6) is 0 Å². The molecule has 1 nitrogen and oxygen atoms in total. The summed E-state index contributed by atoms with van der Waals surface area (Å²) in [5.41, 5.74) is 2.57. The minimum absolute atomic E-state index is 0.407. The lowest BCUT2D eigenvalue weighted by Gasteiger charge is -2.25. The summed E-state index contributed by atoms with van der Waals surface area (Å²) >= 11 is 0. The molecule has 2 aliphatic rings. The smallest absolute Gasteiger partial charge is 0.159 e. The van der Waals surface area contributed by atoms with Gasteiger partial charge in [0.1, 0.15) is 0 Å². The van der Waals surface area contributed by atoms with Crippen LogP contribution < -0.4 is 0 Å². The van der Waals surface area contributed by atoms with Crippen LogP contribution in [-0.4, -0.2) is 5.78 Å². The quantitative estimate of drug-likeness (QED) is 0.538. The van der Waals surface area contributed by atoms with Gasteiger partial charge in [-0.2, -0.15) is 0 Å². The highest BCUT2D eigenvalue weighted by molar-refractivity contribution is 5.98. The largest absolute Gasteiger partial charge is 0.295 e. The lowest BCUT2D eigenvalue weighted by atomic mass is 9.79. The summed E-state index contributed by atoms with van der Waals surface area (Å²) in [6.45, 7) is 4.31. The van der Waals surface area contributed by atoms with Crippen LogP contribution in [-0.2, 0) is 4.79 Å². The Morgan fingerprint density at radius 2 is 2.17 bits per heavy atom. The molecule has 1 heteroatoms. The maximum atomic E-state index is 11.4. The zero-order valence-corrected chi connectivity index (χ0v) is 7.89. The third-order valence-corrected chi connectivity index (χ3v) is 3.42. The van der Waals surface area contributed by atoms with Crippen LogP contribution in [0.25, 0.3) is 0 Å². The van der Waals surface area contributed by atoms with Gasteiger partial charge in [-0.15, -0.1) is 0 Å². The molecule has 0 aromatic carbocycles. The lowest BCUT2D eigenvalue weighted by molar-refractivity contribution is -0.115. The topological polar surface area (TPSA) is 17.1 Å². The van der Waals surface area contributed by atoms with Gasteiger partial charge in [0.25, 0.3) is 0 Å². The molecule has 0 spiro atoms. The first-order chi connectivity index (χ1) is 5.68. The van der Waals surface area contributed by atoms with E-state index in [1.165, 1.54) is 24.8 Å². The average Bonchev–Trinajstić information content (AvgIpc) is 2.28. The highest BCUT2D eigenvalue weighted by Gasteiger charge is 2.33. The number of allylic oxidation sites excluding steroid dienone is 2. The van der Waals surface area contributed by atoms with Crippen molar-refractivity contribution in [2.24, 2.45) is 11.8 Å². The Labute approximate surface area is 73.8 Å². The van der Waals surface area contributed by atoms with E-state index in [1.807, 2.05) is 6.92 Å². The first-order valence-corrected chi connectivity index (χ1v) is 4.91. The Morgan fingerprint density at radius 1 is 1.42 bits per heavy atom. The fourth-order valence-corrected chi connectivity index (χ4v) is 2.61. The second kappa shape index (κ2) is 2.72. The molecular weight excluding hydrogens is 148 g/mol. The van der Waals surface area contributed by atoms with E-state index in [0.717, 1.165) is 17.9 Å². The molecule has 2 atom stereocenters. The maximum absolute atomic E-state index is 11.4. The summed E-state index contributed by atoms with van der Waals surface area (Å²) < 4.78 is 0. The van der Waals surface area contributed by atoms with Crippen molar-refractivity contribution < 1.29 is 4.79 Å². The molecule has 0 N–H and O–H groups in total. The molecule has 0 saturated heterocycles. The first kappa shape index (κ1) is 8.03. The van der Waals surface area contributed by atoms with Crippen LogP contribution >= 0.6 is 0 Å². The molecule has 2 aliphatic carbocycles. The molecule has 0 aromatic rings. The van der Waals surface area contributed by atoms with E-state index < -0.39 is 0 Å². The minimum atomic E-state index is 0.407. The van der Waals surface area contributed by atoms with Gasteiger partial charge in [0.2, 0.25) is 0 Å². The van der Waals surface area contributed by atoms with Gasteiger partial charge in [0, 0.05) is 6.42 Å². The van der Waals surface area contributed by atoms with Gasteiger partial charge in [0.15, 0.2) is 5.78 Å². The van der Waals surface area contributed by atoms with Crippen molar-refractivity contribution in [1.29, 1.82) is 0 Å². The highest BCUT2D eigenvalue weighted by Crippen LogP contribution is 2.41. The molecule has 0 aromatic heterocycles. The van der Waals surface area contributed by atoms with E-state index in [1.54, 1.807) is 0 Å². The summed E-state index contributed by atoms with van der Waals surface area (Å²) in [5, 5.41) is 0. The maximum Gasteiger partial charge on any atom is 0.159 e. The van der Waals surface area contributed by atoms with Crippen LogP contribution in [0.4, 0.5) is 0 Å². The molecular formula is C11H16O. The Balaban J connectivity index is 2.23. The van der Waals surface area contributed by atoms with Crippen molar-refractivity contribution in [3.63, 3.8) is 0 Å². The molecule has 2 unspecified atom stereocenters. The van der Waals surface area contributed by atoms with Gasteiger partial charge in [-0.3, -0.25) is 4.79 Å². The average molecular weight is 164 g/mol. The monoisotopic (exact) mass is 164 g/mol. The summed E-state index contributed by atoms with van der Waals surface area (Å²) in [6, 6.07) is 0. The Bertz CT molecular complexity index is 250. The Hall–Kier alpha value is -0.590. The summed E-state index contributed by atoms with van der Waals surface area (Å²) in [7, 11) is 0. The van der Waals surface area contributed by atoms with Gasteiger partial charge < -0.3 is 0 Å². The number of Topliss-reactive ketones (excluding diaryl/α,β-unsaturated/α-hetero) is 1. The van der Waals surface area contributed by atoms with Crippen molar-refractivity contribution in [3.8, 4) is 0 Å². The van der Waals surface area contributed by atoms with Gasteiger partial charge in [0.05, 0.1) is 0 Å². The van der Waals surface area contributed by atoms with E-state index >= 15 is 0 Å². The Kier molecular flexibility index (Phi) is 1.82. The lowest BCUT2D eigenvalue weighted by Crippen LogP contribution is -2.13. The van der Waals surface area contributed by atoms with E-state index in [0.29, 0.717) is 11.7 Å². The zero-order valence-electron chi connectivity index (χ0n) is 7.89. The van der Waals surface area contributed by atoms with Gasteiger partial charge in [-0.05, 0) is 43.6 Å². The number of hydrogen-bond acceptors (Lipinski definition) is 1. The van der Waals surface area contributed by atoms with Crippen LogP contribution in [0.15, 0.2) is 11.1 Å². The number of fused-ring (bicyclic) bond motifs is 1. The predicted molar refractivity (Wildman–Crippen MR) is 48.8 cm³/mol. The molecule has 0 aliphatic heterocycles. The predicted octanol–water partition coefficient (Wildman–Crippen LogP) is 2.71. The molecule has 0 bridgehead atoms. The number of carbonyl (C=O) groups is 1. The number of rotatable bonds is 0. The van der Waals surface area contributed by atoms with Crippen LogP contribution in [0, 0.1) is 11.8 Å². The second-order valence-electron chi connectivity index (χ2n) is 4.35. The molecule has 1 fully saturated rings. The summed E-state index contributed by atoms with van der Waals surface area (Å²) in [6.07, 6.45) is 4.53. The summed E-state index contributed by atoms with van der Waals surface area (Å²) in [5.74, 6) is 1.86. The van der Waals surface area contributed by atoms with Crippen molar-refractivity contribution in [3.05, 3.63) is 11.1 Å². The van der Waals surface area contributed by atoms with E-state index in [-0.39, 0.29) is 0 Å². The number of ketones is 1. The van der Waals surface area contributed by atoms with Crippen molar-refractivity contribution in [2.45, 2.75) is 39.5 Å². The third-order valence-electron chi connectivity index (χ3n) is 3.42. The number of hydrogen-bond donors (Lipinski definition) is 0. The van der Waals surface area contributed by atoms with E-state index in [2.05, 4.69) is 6.92 Å². The van der Waals surface area contributed by atoms with Gasteiger partial charge >= 0.3 is 0 Å². The molecule has 66 valence electrons. The molecule has 1 saturated carbocycles. The molecule has 0 amide bonds. The SMILES string of the molecule is CC1=C2CCC(C)CC2CC1=O. The van der Waals surface area contributed by atoms with Crippen molar-refractivity contribution in [1.82, 2.24) is 0 Å². The van der Waals surface area contributed by atoms with Crippen molar-refractivity contribution in [2.75, 3.05) is 0 Å². The van der Waals surface area contributed by atoms with Gasteiger partial charge in [-0.1, -0.05) is 12.5 Å². The van der Waals surface area contributed by atoms with Crippen LogP contribution in [0.2, 0.25) is 0 Å². The van der Waals surface area contributed by atoms with E-state index in [4.69, 9.17) is 0 Å². The first-order valence-electron chi connectivity index (χ1n) is 4.91. The van der Waals surface area contributed by atoms with Crippen molar-refractivity contribution >= 4 is 5.78 Å². The standard InChI is InChI=1S/C11H16O/c1-7-3-4-10-8(2)11(12)6-9(10)5-7/h7,9H,3-6H2,1-2H3. The second-order valence-corrected chi connectivity index (χ2v) is 4.35. The van der Waals surface area contributed by atoms with Crippen LogP contribution in [0.3, 0.4) is 0 Å². The molecule has 0 radical (unpaired) electrons. The van der Waals surface area contributed by atoms with Gasteiger partial charge in [-0.25, -0.2) is 0 Å². The molecule has 2 rings (SSSR count). The zero-order chi connectivity index (χ0) is 8.72. The Morgan fingerprint density at radius 3 is 2.92 bits per heavy atom. The minimum Gasteiger partial charge on any atom is -0.295 e. The van der Waals surface area contributed by atoms with Crippen LogP contribution in [0.1, 0.15) is 39.5 Å². The molecule has 12 heavy (non-hydrogen) atoms. The third kappa shape index (κ3) is 1.12. The summed E-state index contributed by atoms with van der Waals surface area (Å²) in [4.78, 5) is 11.4. The highest BCUT2D eigenvalue weighted by atomic mass is 16.1. The van der Waals surface area contributed by atoms with E-state index in [9.17, 15) is 4.79 Å². The fourth-order valence-electron chi connectivity index (χ4n) is 2.61. The molecule has 0 heterocycles.